The summed E-state index contributed by atoms with van der Waals surface area (Å²) < 4.78 is 0. The van der Waals surface area contributed by atoms with Crippen molar-refractivity contribution in [2.75, 3.05) is 19.8 Å². The second-order valence-corrected chi connectivity index (χ2v) is 3.37. The van der Waals surface area contributed by atoms with Gasteiger partial charge in [-0.15, -0.1) is 8.58 Å². The molecule has 1 saturated heterocycles. The molecule has 0 saturated carbocycles. The van der Waals surface area contributed by atoms with E-state index in [2.05, 4.69) is 12.0 Å². The van der Waals surface area contributed by atoms with E-state index in [0.717, 1.165) is 14.2 Å². The van der Waals surface area contributed by atoms with Gasteiger partial charge in [-0.1, -0.05) is 0 Å². The first-order chi connectivity index (χ1) is 3.43. The van der Waals surface area contributed by atoms with Crippen LogP contribution in [0.3, 0.4) is 0 Å². The van der Waals surface area contributed by atoms with Crippen LogP contribution in [0.2, 0.25) is 0 Å². The van der Waals surface area contributed by atoms with E-state index in [1.54, 1.807) is 0 Å². The Labute approximate surface area is 46.7 Å². The highest BCUT2D eigenvalue weighted by Gasteiger charge is 2.10. The van der Waals surface area contributed by atoms with Crippen LogP contribution in [0.15, 0.2) is 0 Å². The van der Waals surface area contributed by atoms with E-state index in [4.69, 9.17) is 0 Å². The minimum atomic E-state index is 1.01. The van der Waals surface area contributed by atoms with E-state index in [9.17, 15) is 0 Å². The lowest BCUT2D eigenvalue weighted by Gasteiger charge is -1.99. The summed E-state index contributed by atoms with van der Waals surface area (Å²) in [6.45, 7) is 4.82. The molecule has 1 fully saturated rings. The second-order valence-electron chi connectivity index (χ2n) is 1.98. The first-order valence-corrected chi connectivity index (χ1v) is 4.39. The third-order valence-corrected chi connectivity index (χ3v) is 2.78. The van der Waals surface area contributed by atoms with Crippen LogP contribution >= 0.6 is 8.58 Å². The van der Waals surface area contributed by atoms with Crippen molar-refractivity contribution >= 4 is 8.58 Å². The van der Waals surface area contributed by atoms with Crippen LogP contribution in [-0.2, 0) is 0 Å². The normalized spacial score (nSPS) is 33.0. The fraction of sp³-hybridized carbons (Fsp3) is 1.00. The van der Waals surface area contributed by atoms with E-state index in [-0.39, 0.29) is 0 Å². The van der Waals surface area contributed by atoms with Gasteiger partial charge < -0.3 is 5.32 Å². The maximum atomic E-state index is 3.33. The molecule has 2 unspecified atom stereocenters. The Bertz CT molecular complexity index is 50.0. The SMILES string of the molecule is CPC1CCNC1. The Morgan fingerprint density at radius 3 is 2.86 bits per heavy atom. The lowest BCUT2D eigenvalue weighted by molar-refractivity contribution is 0.858. The van der Waals surface area contributed by atoms with E-state index in [0.29, 0.717) is 0 Å². The zero-order valence-corrected chi connectivity index (χ0v) is 5.70. The van der Waals surface area contributed by atoms with Gasteiger partial charge in [-0.25, -0.2) is 0 Å². The summed E-state index contributed by atoms with van der Waals surface area (Å²) in [5, 5.41) is 3.33. The summed E-state index contributed by atoms with van der Waals surface area (Å²) in [6, 6.07) is 0. The fourth-order valence-electron chi connectivity index (χ4n) is 0.901. The van der Waals surface area contributed by atoms with Crippen molar-refractivity contribution in [2.45, 2.75) is 12.1 Å². The van der Waals surface area contributed by atoms with Crippen LogP contribution in [-0.4, -0.2) is 25.4 Å². The Morgan fingerprint density at radius 2 is 2.57 bits per heavy atom. The Kier molecular flexibility index (Phi) is 2.08. The average molecular weight is 117 g/mol. The van der Waals surface area contributed by atoms with Gasteiger partial charge in [-0.2, -0.15) is 0 Å². The van der Waals surface area contributed by atoms with Gasteiger partial charge in [0.15, 0.2) is 0 Å². The van der Waals surface area contributed by atoms with Crippen molar-refractivity contribution in [3.8, 4) is 0 Å². The summed E-state index contributed by atoms with van der Waals surface area (Å²) >= 11 is 0. The van der Waals surface area contributed by atoms with Gasteiger partial charge in [0.25, 0.3) is 0 Å². The highest BCUT2D eigenvalue weighted by atomic mass is 31.1. The largest absolute Gasteiger partial charge is 0.316 e. The molecule has 1 rings (SSSR count). The number of nitrogens with one attached hydrogen (secondary N) is 1. The Morgan fingerprint density at radius 1 is 1.71 bits per heavy atom. The van der Waals surface area contributed by atoms with Gasteiger partial charge in [0.05, 0.1) is 0 Å². The number of rotatable bonds is 1. The molecule has 2 heteroatoms. The van der Waals surface area contributed by atoms with Crippen molar-refractivity contribution in [1.29, 1.82) is 0 Å². The molecule has 42 valence electrons. The predicted molar refractivity (Wildman–Crippen MR) is 35.5 cm³/mol. The van der Waals surface area contributed by atoms with Crippen LogP contribution in [0.25, 0.3) is 0 Å². The summed E-state index contributed by atoms with van der Waals surface area (Å²) in [5.74, 6) is 0. The Hall–Kier alpha value is 0.390. The van der Waals surface area contributed by atoms with Crippen LogP contribution in [0.4, 0.5) is 0 Å². The topological polar surface area (TPSA) is 12.0 Å². The number of hydrogen-bond acceptors (Lipinski definition) is 1. The molecule has 0 spiro atoms. The van der Waals surface area contributed by atoms with Crippen molar-refractivity contribution < 1.29 is 0 Å². The van der Waals surface area contributed by atoms with Crippen molar-refractivity contribution in [3.63, 3.8) is 0 Å². The molecule has 1 heterocycles. The molecule has 1 N–H and O–H groups in total. The molecule has 0 bridgehead atoms. The molecule has 0 aliphatic carbocycles. The molecular formula is C5H12NP. The zero-order valence-electron chi connectivity index (χ0n) is 4.70. The molecule has 0 amide bonds. The summed E-state index contributed by atoms with van der Waals surface area (Å²) in [7, 11) is 1.15. The molecule has 1 nitrogen and oxygen atoms in total. The average Bonchev–Trinajstić information content (AvgIpc) is 2.14. The molecule has 0 aromatic heterocycles. The lowest BCUT2D eigenvalue weighted by atomic mass is 10.4. The van der Waals surface area contributed by atoms with Gasteiger partial charge in [-0.3, -0.25) is 0 Å². The first kappa shape index (κ1) is 5.53. The fourth-order valence-corrected chi connectivity index (χ4v) is 1.68. The van der Waals surface area contributed by atoms with Crippen LogP contribution < -0.4 is 5.32 Å². The molecule has 1 aliphatic rings. The van der Waals surface area contributed by atoms with Gasteiger partial charge in [-0.05, 0) is 25.3 Å². The summed E-state index contributed by atoms with van der Waals surface area (Å²) in [4.78, 5) is 0. The lowest BCUT2D eigenvalue weighted by Crippen LogP contribution is -2.08. The minimum Gasteiger partial charge on any atom is -0.316 e. The molecular weight excluding hydrogens is 105 g/mol. The standard InChI is InChI=1S/C5H12NP/c1-7-5-2-3-6-4-5/h5-7H,2-4H2,1H3. The molecule has 0 aromatic carbocycles. The Balaban J connectivity index is 2.14. The van der Waals surface area contributed by atoms with Crippen molar-refractivity contribution in [3.05, 3.63) is 0 Å². The molecule has 0 radical (unpaired) electrons. The van der Waals surface area contributed by atoms with Crippen LogP contribution in [0.1, 0.15) is 6.42 Å². The van der Waals surface area contributed by atoms with E-state index in [1.165, 1.54) is 19.5 Å². The third kappa shape index (κ3) is 1.40. The maximum absolute atomic E-state index is 3.33. The molecule has 0 aromatic rings. The molecule has 1 aliphatic heterocycles. The quantitative estimate of drug-likeness (QED) is 0.497. The second kappa shape index (κ2) is 2.64. The maximum Gasteiger partial charge on any atom is 0.00169 e. The molecule has 7 heavy (non-hydrogen) atoms. The van der Waals surface area contributed by atoms with Gasteiger partial charge in [0, 0.05) is 6.54 Å². The molecule has 2 atom stereocenters. The summed E-state index contributed by atoms with van der Waals surface area (Å²) in [6.07, 6.45) is 1.41. The predicted octanol–water partition coefficient (Wildman–Crippen LogP) is 0.657. The first-order valence-electron chi connectivity index (χ1n) is 2.81. The minimum absolute atomic E-state index is 1.01. The summed E-state index contributed by atoms with van der Waals surface area (Å²) in [5.41, 5.74) is 1.01. The van der Waals surface area contributed by atoms with E-state index < -0.39 is 0 Å². The third-order valence-electron chi connectivity index (χ3n) is 1.47. The van der Waals surface area contributed by atoms with Crippen molar-refractivity contribution in [1.82, 2.24) is 5.32 Å². The van der Waals surface area contributed by atoms with Crippen LogP contribution in [0, 0.1) is 0 Å². The van der Waals surface area contributed by atoms with Gasteiger partial charge in [0.1, 0.15) is 0 Å². The smallest absolute Gasteiger partial charge is 0.00169 e. The highest BCUT2D eigenvalue weighted by molar-refractivity contribution is 7.37. The van der Waals surface area contributed by atoms with Crippen molar-refractivity contribution in [2.24, 2.45) is 0 Å². The van der Waals surface area contributed by atoms with Crippen LogP contribution in [0.5, 0.6) is 0 Å². The van der Waals surface area contributed by atoms with E-state index >= 15 is 0 Å². The number of hydrogen-bond donors (Lipinski definition) is 1. The van der Waals surface area contributed by atoms with Gasteiger partial charge in [0.2, 0.25) is 0 Å². The highest BCUT2D eigenvalue weighted by Crippen LogP contribution is 2.18. The monoisotopic (exact) mass is 117 g/mol. The van der Waals surface area contributed by atoms with Gasteiger partial charge >= 0.3 is 0 Å². The zero-order chi connectivity index (χ0) is 5.11. The van der Waals surface area contributed by atoms with E-state index in [1.807, 2.05) is 0 Å².